The van der Waals surface area contributed by atoms with Crippen LogP contribution in [-0.4, -0.2) is 26.4 Å². The van der Waals surface area contributed by atoms with E-state index in [9.17, 15) is 4.79 Å². The summed E-state index contributed by atoms with van der Waals surface area (Å²) in [6.07, 6.45) is 1.62. The van der Waals surface area contributed by atoms with Crippen molar-refractivity contribution in [1.82, 2.24) is 14.8 Å². The lowest BCUT2D eigenvalue weighted by atomic mass is 10.3. The minimum Gasteiger partial charge on any atom is -0.467 e. The first-order valence-corrected chi connectivity index (χ1v) is 11.1. The minimum atomic E-state index is -0.241. The van der Waals surface area contributed by atoms with E-state index in [-0.39, 0.29) is 11.7 Å². The Balaban J connectivity index is 1.51. The van der Waals surface area contributed by atoms with E-state index in [1.807, 2.05) is 34.2 Å². The van der Waals surface area contributed by atoms with Gasteiger partial charge in [0.15, 0.2) is 11.0 Å². The second-order valence-electron chi connectivity index (χ2n) is 5.88. The van der Waals surface area contributed by atoms with Crippen LogP contribution >= 0.6 is 46.3 Å². The Morgan fingerprint density at radius 2 is 1.97 bits per heavy atom. The van der Waals surface area contributed by atoms with Crippen molar-refractivity contribution >= 4 is 57.9 Å². The van der Waals surface area contributed by atoms with Crippen LogP contribution in [0.15, 0.2) is 63.7 Å². The minimum absolute atomic E-state index is 0.127. The second kappa shape index (κ2) is 9.04. The van der Waals surface area contributed by atoms with E-state index in [0.717, 1.165) is 16.5 Å². The average Bonchev–Trinajstić information content (AvgIpc) is 3.46. The third-order valence-corrected chi connectivity index (χ3v) is 6.37. The fourth-order valence-corrected chi connectivity index (χ4v) is 4.55. The standard InChI is InChI=1S/C19H14Cl2N4O2S2/c20-13-5-1-6-14(21)17(13)22-16(26)11-29-19-24-23-18(15-7-3-9-28-15)25(19)10-12-4-2-8-27-12/h1-9H,10-11H2,(H,22,26). The van der Waals surface area contributed by atoms with E-state index in [2.05, 4.69) is 15.5 Å². The number of carbonyl (C=O) groups excluding carboxylic acids is 1. The number of carbonyl (C=O) groups is 1. The molecule has 4 rings (SSSR count). The second-order valence-corrected chi connectivity index (χ2v) is 8.59. The van der Waals surface area contributed by atoms with Crippen molar-refractivity contribution < 1.29 is 9.21 Å². The topological polar surface area (TPSA) is 73.0 Å². The van der Waals surface area contributed by atoms with Crippen molar-refractivity contribution in [3.05, 3.63) is 69.9 Å². The summed E-state index contributed by atoms with van der Waals surface area (Å²) in [4.78, 5) is 13.4. The highest BCUT2D eigenvalue weighted by atomic mass is 35.5. The summed E-state index contributed by atoms with van der Waals surface area (Å²) in [6.45, 7) is 0.466. The van der Waals surface area contributed by atoms with Crippen LogP contribution in [0.2, 0.25) is 10.0 Å². The molecule has 29 heavy (non-hydrogen) atoms. The number of benzene rings is 1. The van der Waals surface area contributed by atoms with Gasteiger partial charge in [0.25, 0.3) is 0 Å². The summed E-state index contributed by atoms with van der Waals surface area (Å²) < 4.78 is 7.41. The number of furan rings is 1. The molecule has 0 atom stereocenters. The van der Waals surface area contributed by atoms with Crippen molar-refractivity contribution in [2.45, 2.75) is 11.7 Å². The van der Waals surface area contributed by atoms with E-state index < -0.39 is 0 Å². The van der Waals surface area contributed by atoms with Crippen LogP contribution < -0.4 is 5.32 Å². The normalized spacial score (nSPS) is 11.0. The molecule has 0 saturated carbocycles. The maximum atomic E-state index is 12.4. The van der Waals surface area contributed by atoms with Crippen molar-refractivity contribution in [2.24, 2.45) is 0 Å². The summed E-state index contributed by atoms with van der Waals surface area (Å²) in [6, 6.07) is 12.7. The van der Waals surface area contributed by atoms with E-state index in [4.69, 9.17) is 27.6 Å². The highest BCUT2D eigenvalue weighted by Gasteiger charge is 2.18. The third kappa shape index (κ3) is 4.67. The monoisotopic (exact) mass is 464 g/mol. The van der Waals surface area contributed by atoms with Gasteiger partial charge in [-0.15, -0.1) is 21.5 Å². The molecule has 1 N–H and O–H groups in total. The van der Waals surface area contributed by atoms with Crippen LogP contribution in [0.4, 0.5) is 5.69 Å². The van der Waals surface area contributed by atoms with Crippen LogP contribution in [0.3, 0.4) is 0 Å². The van der Waals surface area contributed by atoms with Crippen molar-refractivity contribution in [2.75, 3.05) is 11.1 Å². The van der Waals surface area contributed by atoms with E-state index in [1.165, 1.54) is 11.8 Å². The Morgan fingerprint density at radius 1 is 1.14 bits per heavy atom. The first-order chi connectivity index (χ1) is 14.1. The van der Waals surface area contributed by atoms with Crippen LogP contribution in [0, 0.1) is 0 Å². The molecule has 0 aliphatic rings. The van der Waals surface area contributed by atoms with Gasteiger partial charge in [-0.05, 0) is 35.7 Å². The molecule has 3 heterocycles. The number of halogens is 2. The molecular formula is C19H14Cl2N4O2S2. The maximum absolute atomic E-state index is 12.4. The Hall–Kier alpha value is -2.26. The number of thiophene rings is 1. The molecule has 0 spiro atoms. The lowest BCUT2D eigenvalue weighted by molar-refractivity contribution is -0.113. The number of aromatic nitrogens is 3. The molecule has 1 amide bonds. The van der Waals surface area contributed by atoms with Gasteiger partial charge in [0.05, 0.1) is 39.2 Å². The first kappa shape index (κ1) is 20.0. The van der Waals surface area contributed by atoms with Crippen LogP contribution in [0.1, 0.15) is 5.76 Å². The fraction of sp³-hybridized carbons (Fsp3) is 0.105. The van der Waals surface area contributed by atoms with E-state index >= 15 is 0 Å². The largest absolute Gasteiger partial charge is 0.467 e. The number of amides is 1. The Morgan fingerprint density at radius 3 is 2.66 bits per heavy atom. The molecule has 148 valence electrons. The van der Waals surface area contributed by atoms with Gasteiger partial charge >= 0.3 is 0 Å². The molecule has 0 aliphatic heterocycles. The molecule has 3 aromatic heterocycles. The molecule has 4 aromatic rings. The molecule has 0 aliphatic carbocycles. The first-order valence-electron chi connectivity index (χ1n) is 8.48. The Labute approximate surface area is 184 Å². The van der Waals surface area contributed by atoms with Gasteiger partial charge in [-0.2, -0.15) is 0 Å². The quantitative estimate of drug-likeness (QED) is 0.355. The SMILES string of the molecule is O=C(CSc1nnc(-c2cccs2)n1Cc1ccco1)Nc1c(Cl)cccc1Cl. The van der Waals surface area contributed by atoms with Crippen molar-refractivity contribution in [3.8, 4) is 10.7 Å². The molecule has 0 bridgehead atoms. The summed E-state index contributed by atoms with van der Waals surface area (Å²) in [5, 5.41) is 14.7. The van der Waals surface area contributed by atoms with Crippen molar-refractivity contribution in [3.63, 3.8) is 0 Å². The van der Waals surface area contributed by atoms with Gasteiger partial charge in [-0.3, -0.25) is 9.36 Å². The third-order valence-electron chi connectivity index (χ3n) is 3.91. The molecule has 1 aromatic carbocycles. The average molecular weight is 465 g/mol. The Bertz CT molecular complexity index is 1090. The summed E-state index contributed by atoms with van der Waals surface area (Å²) in [5.74, 6) is 1.39. The van der Waals surface area contributed by atoms with Gasteiger partial charge < -0.3 is 9.73 Å². The number of rotatable bonds is 7. The van der Waals surface area contributed by atoms with Gasteiger partial charge in [0, 0.05) is 0 Å². The highest BCUT2D eigenvalue weighted by Crippen LogP contribution is 2.31. The number of hydrogen-bond acceptors (Lipinski definition) is 6. The van der Waals surface area contributed by atoms with Gasteiger partial charge in [0.1, 0.15) is 5.76 Å². The highest BCUT2D eigenvalue weighted by molar-refractivity contribution is 7.99. The lowest BCUT2D eigenvalue weighted by Gasteiger charge is -2.10. The van der Waals surface area contributed by atoms with Crippen LogP contribution in [-0.2, 0) is 11.3 Å². The summed E-state index contributed by atoms with van der Waals surface area (Å²) in [5.41, 5.74) is 0.401. The van der Waals surface area contributed by atoms with E-state index in [1.54, 1.807) is 35.8 Å². The van der Waals surface area contributed by atoms with Gasteiger partial charge in [0.2, 0.25) is 5.91 Å². The van der Waals surface area contributed by atoms with E-state index in [0.29, 0.717) is 27.4 Å². The number of nitrogens with zero attached hydrogens (tertiary/aromatic N) is 3. The molecule has 0 radical (unpaired) electrons. The predicted octanol–water partition coefficient (Wildman–Crippen LogP) is 5.69. The smallest absolute Gasteiger partial charge is 0.234 e. The molecule has 6 nitrogen and oxygen atoms in total. The van der Waals surface area contributed by atoms with Gasteiger partial charge in [-0.25, -0.2) is 0 Å². The van der Waals surface area contributed by atoms with Gasteiger partial charge in [-0.1, -0.05) is 47.1 Å². The maximum Gasteiger partial charge on any atom is 0.234 e. The lowest BCUT2D eigenvalue weighted by Crippen LogP contribution is -2.15. The Kier molecular flexibility index (Phi) is 6.25. The zero-order valence-electron chi connectivity index (χ0n) is 14.8. The molecular weight excluding hydrogens is 451 g/mol. The number of anilines is 1. The van der Waals surface area contributed by atoms with Crippen molar-refractivity contribution in [1.29, 1.82) is 0 Å². The number of para-hydroxylation sites is 1. The number of hydrogen-bond donors (Lipinski definition) is 1. The number of nitrogens with one attached hydrogen (secondary N) is 1. The summed E-state index contributed by atoms with van der Waals surface area (Å²) >= 11 is 15.1. The summed E-state index contributed by atoms with van der Waals surface area (Å²) in [7, 11) is 0. The number of thioether (sulfide) groups is 1. The predicted molar refractivity (Wildman–Crippen MR) is 117 cm³/mol. The van der Waals surface area contributed by atoms with Crippen LogP contribution in [0.25, 0.3) is 10.7 Å². The molecule has 10 heteroatoms. The zero-order valence-corrected chi connectivity index (χ0v) is 18.0. The molecule has 0 saturated heterocycles. The molecule has 0 fully saturated rings. The molecule has 0 unspecified atom stereocenters. The van der Waals surface area contributed by atoms with Crippen LogP contribution in [0.5, 0.6) is 0 Å². The fourth-order valence-electron chi connectivity index (χ4n) is 2.61. The zero-order chi connectivity index (χ0) is 20.2.